The largest absolute Gasteiger partial charge is 0.293 e. The molecule has 0 amide bonds. The molecule has 0 saturated carbocycles. The molecule has 0 aliphatic rings. The van der Waals surface area contributed by atoms with Crippen molar-refractivity contribution < 1.29 is 4.79 Å². The fraction of sp³-hybridized carbons (Fsp3) is 0.0417. The summed E-state index contributed by atoms with van der Waals surface area (Å²) in [5.74, 6) is 0.451. The number of rotatable bonds is 5. The van der Waals surface area contributed by atoms with Crippen LogP contribution in [0.1, 0.15) is 10.4 Å². The first-order chi connectivity index (χ1) is 14.3. The van der Waals surface area contributed by atoms with E-state index >= 15 is 0 Å². The SMILES string of the molecule is O=C(CSc1ncnc2sc(-c3ccccc3)cc12)c1ccc2ccccc2c1. The summed E-state index contributed by atoms with van der Waals surface area (Å²) < 4.78 is 0. The Morgan fingerprint density at radius 1 is 0.862 bits per heavy atom. The van der Waals surface area contributed by atoms with E-state index in [1.807, 2.05) is 54.6 Å². The monoisotopic (exact) mass is 412 g/mol. The lowest BCUT2D eigenvalue weighted by molar-refractivity contribution is 0.102. The Balaban J connectivity index is 1.39. The second-order valence-electron chi connectivity index (χ2n) is 6.65. The van der Waals surface area contributed by atoms with Gasteiger partial charge >= 0.3 is 0 Å². The van der Waals surface area contributed by atoms with Gasteiger partial charge in [0.2, 0.25) is 0 Å². The smallest absolute Gasteiger partial charge is 0.173 e. The van der Waals surface area contributed by atoms with Crippen molar-refractivity contribution in [2.24, 2.45) is 0 Å². The van der Waals surface area contributed by atoms with Gasteiger partial charge < -0.3 is 0 Å². The van der Waals surface area contributed by atoms with Crippen LogP contribution in [0.25, 0.3) is 31.4 Å². The molecule has 3 aromatic carbocycles. The molecule has 0 bridgehead atoms. The number of thioether (sulfide) groups is 1. The Labute approximate surface area is 176 Å². The van der Waals surface area contributed by atoms with E-state index in [2.05, 4.69) is 34.2 Å². The molecule has 2 heterocycles. The average molecular weight is 413 g/mol. The Bertz CT molecular complexity index is 1330. The number of aromatic nitrogens is 2. The van der Waals surface area contributed by atoms with Crippen LogP contribution in [0.4, 0.5) is 0 Å². The fourth-order valence-corrected chi connectivity index (χ4v) is 5.21. The van der Waals surface area contributed by atoms with Gasteiger partial charge in [0.05, 0.1) is 5.75 Å². The highest BCUT2D eigenvalue weighted by molar-refractivity contribution is 8.00. The molecule has 5 heteroatoms. The lowest BCUT2D eigenvalue weighted by Gasteiger charge is -2.04. The molecule has 140 valence electrons. The molecule has 5 aromatic rings. The van der Waals surface area contributed by atoms with Crippen LogP contribution in [-0.2, 0) is 0 Å². The van der Waals surface area contributed by atoms with Crippen molar-refractivity contribution in [1.29, 1.82) is 0 Å². The molecule has 0 N–H and O–H groups in total. The van der Waals surface area contributed by atoms with Crippen LogP contribution in [0.3, 0.4) is 0 Å². The Kier molecular flexibility index (Phi) is 4.84. The summed E-state index contributed by atoms with van der Waals surface area (Å²) in [4.78, 5) is 23.7. The minimum atomic E-state index is 0.103. The summed E-state index contributed by atoms with van der Waals surface area (Å²) in [5.41, 5.74) is 1.90. The van der Waals surface area contributed by atoms with Crippen LogP contribution >= 0.6 is 23.1 Å². The van der Waals surface area contributed by atoms with Crippen molar-refractivity contribution in [3.63, 3.8) is 0 Å². The van der Waals surface area contributed by atoms with Crippen LogP contribution in [-0.4, -0.2) is 21.5 Å². The molecule has 2 aromatic heterocycles. The van der Waals surface area contributed by atoms with E-state index in [4.69, 9.17) is 0 Å². The molecule has 0 saturated heterocycles. The minimum absolute atomic E-state index is 0.103. The molecular weight excluding hydrogens is 396 g/mol. The summed E-state index contributed by atoms with van der Waals surface area (Å²) in [5, 5.41) is 4.08. The standard InChI is InChI=1S/C24H16N2OS2/c27-21(19-11-10-16-6-4-5-9-18(16)12-19)14-28-23-20-13-22(17-7-2-1-3-8-17)29-24(20)26-15-25-23/h1-13,15H,14H2. The number of thiophene rings is 1. The number of hydrogen-bond donors (Lipinski definition) is 0. The number of carbonyl (C=O) groups excluding carboxylic acids is 1. The number of ketones is 1. The first kappa shape index (κ1) is 18.0. The third-order valence-corrected chi connectivity index (χ3v) is 6.86. The molecule has 0 aliphatic heterocycles. The molecule has 0 radical (unpaired) electrons. The predicted octanol–water partition coefficient (Wildman–Crippen LogP) is 6.49. The molecule has 5 rings (SSSR count). The van der Waals surface area contributed by atoms with Crippen molar-refractivity contribution in [3.05, 3.63) is 90.8 Å². The molecular formula is C24H16N2OS2. The zero-order chi connectivity index (χ0) is 19.6. The van der Waals surface area contributed by atoms with Gasteiger partial charge in [0, 0.05) is 15.8 Å². The van der Waals surface area contributed by atoms with Gasteiger partial charge in [-0.25, -0.2) is 9.97 Å². The molecule has 0 aliphatic carbocycles. The number of nitrogens with zero attached hydrogens (tertiary/aromatic N) is 2. The van der Waals surface area contributed by atoms with Gasteiger partial charge in [-0.05, 0) is 28.5 Å². The number of Topliss-reactive ketones (excluding diaryl/α,β-unsaturated/α-hetero) is 1. The molecule has 29 heavy (non-hydrogen) atoms. The summed E-state index contributed by atoms with van der Waals surface area (Å²) in [6.07, 6.45) is 1.58. The number of fused-ring (bicyclic) bond motifs is 2. The van der Waals surface area contributed by atoms with Gasteiger partial charge in [-0.15, -0.1) is 11.3 Å². The normalized spacial score (nSPS) is 11.2. The van der Waals surface area contributed by atoms with Crippen molar-refractivity contribution in [2.45, 2.75) is 5.03 Å². The van der Waals surface area contributed by atoms with Crippen LogP contribution < -0.4 is 0 Å². The van der Waals surface area contributed by atoms with E-state index in [9.17, 15) is 4.79 Å². The lowest BCUT2D eigenvalue weighted by atomic mass is 10.1. The van der Waals surface area contributed by atoms with Gasteiger partial charge in [0.15, 0.2) is 5.78 Å². The first-order valence-corrected chi connectivity index (χ1v) is 11.0. The Morgan fingerprint density at radius 2 is 1.66 bits per heavy atom. The zero-order valence-corrected chi connectivity index (χ0v) is 17.0. The topological polar surface area (TPSA) is 42.9 Å². The Morgan fingerprint density at radius 3 is 2.52 bits per heavy atom. The maximum absolute atomic E-state index is 12.8. The number of carbonyl (C=O) groups is 1. The highest BCUT2D eigenvalue weighted by atomic mass is 32.2. The third-order valence-electron chi connectivity index (χ3n) is 4.76. The van der Waals surface area contributed by atoms with Gasteiger partial charge in [0.25, 0.3) is 0 Å². The van der Waals surface area contributed by atoms with Gasteiger partial charge in [-0.3, -0.25) is 4.79 Å². The van der Waals surface area contributed by atoms with Crippen molar-refractivity contribution >= 4 is 49.9 Å². The second kappa shape index (κ2) is 7.78. The van der Waals surface area contributed by atoms with E-state index in [-0.39, 0.29) is 5.78 Å². The van der Waals surface area contributed by atoms with Crippen molar-refractivity contribution in [3.8, 4) is 10.4 Å². The molecule has 0 spiro atoms. The summed E-state index contributed by atoms with van der Waals surface area (Å²) >= 11 is 3.12. The second-order valence-corrected chi connectivity index (χ2v) is 8.64. The van der Waals surface area contributed by atoms with E-state index in [1.54, 1.807) is 17.7 Å². The highest BCUT2D eigenvalue weighted by Crippen LogP contribution is 2.36. The summed E-state index contributed by atoms with van der Waals surface area (Å²) in [7, 11) is 0. The minimum Gasteiger partial charge on any atom is -0.293 e. The molecule has 0 atom stereocenters. The van der Waals surface area contributed by atoms with E-state index in [0.717, 1.165) is 36.5 Å². The molecule has 0 unspecified atom stereocenters. The fourth-order valence-electron chi connectivity index (χ4n) is 3.27. The zero-order valence-electron chi connectivity index (χ0n) is 15.4. The van der Waals surface area contributed by atoms with Crippen LogP contribution in [0.2, 0.25) is 0 Å². The summed E-state index contributed by atoms with van der Waals surface area (Å²) in [6, 6.07) is 26.3. The van der Waals surface area contributed by atoms with Crippen LogP contribution in [0, 0.1) is 0 Å². The predicted molar refractivity (Wildman–Crippen MR) is 122 cm³/mol. The van der Waals surface area contributed by atoms with E-state index in [0.29, 0.717) is 5.75 Å². The Hall–Kier alpha value is -3.02. The third kappa shape index (κ3) is 3.67. The molecule has 3 nitrogen and oxygen atoms in total. The van der Waals surface area contributed by atoms with E-state index < -0.39 is 0 Å². The van der Waals surface area contributed by atoms with E-state index in [1.165, 1.54) is 17.3 Å². The van der Waals surface area contributed by atoms with Crippen LogP contribution in [0.5, 0.6) is 0 Å². The van der Waals surface area contributed by atoms with Gasteiger partial charge in [-0.2, -0.15) is 0 Å². The van der Waals surface area contributed by atoms with Gasteiger partial charge in [0.1, 0.15) is 16.2 Å². The lowest BCUT2D eigenvalue weighted by Crippen LogP contribution is -2.02. The quantitative estimate of drug-likeness (QED) is 0.188. The van der Waals surface area contributed by atoms with Crippen molar-refractivity contribution in [1.82, 2.24) is 9.97 Å². The first-order valence-electron chi connectivity index (χ1n) is 9.23. The number of hydrogen-bond acceptors (Lipinski definition) is 5. The summed E-state index contributed by atoms with van der Waals surface area (Å²) in [6.45, 7) is 0. The maximum Gasteiger partial charge on any atom is 0.173 e. The highest BCUT2D eigenvalue weighted by Gasteiger charge is 2.13. The number of benzene rings is 3. The van der Waals surface area contributed by atoms with Crippen molar-refractivity contribution in [2.75, 3.05) is 5.75 Å². The molecule has 0 fully saturated rings. The van der Waals surface area contributed by atoms with Gasteiger partial charge in [-0.1, -0.05) is 78.5 Å². The average Bonchev–Trinajstić information content (AvgIpc) is 3.23. The van der Waals surface area contributed by atoms with Crippen LogP contribution in [0.15, 0.2) is 90.2 Å². The maximum atomic E-state index is 12.8.